The van der Waals surface area contributed by atoms with Crippen molar-refractivity contribution in [1.29, 1.82) is 0 Å². The Balaban J connectivity index is 1.72. The van der Waals surface area contributed by atoms with Crippen LogP contribution in [0.4, 0.5) is 9.18 Å². The number of β-amino-alcohol motifs (C(OH)–C–C–N with tert-alkyl or cyclic N) is 1. The highest BCUT2D eigenvalue weighted by Gasteiger charge is 2.43. The average Bonchev–Trinajstić information content (AvgIpc) is 3.34. The second-order valence-corrected chi connectivity index (χ2v) is 9.16. The molecule has 1 unspecified atom stereocenters. The number of aliphatic hydroxyl groups is 1. The Labute approximate surface area is 186 Å². The van der Waals surface area contributed by atoms with E-state index < -0.39 is 17.3 Å². The summed E-state index contributed by atoms with van der Waals surface area (Å²) in [4.78, 5) is 18.8. The van der Waals surface area contributed by atoms with Gasteiger partial charge in [0, 0.05) is 30.9 Å². The van der Waals surface area contributed by atoms with Crippen molar-refractivity contribution in [2.24, 2.45) is 7.05 Å². The first-order valence-electron chi connectivity index (χ1n) is 10.5. The first-order valence-corrected chi connectivity index (χ1v) is 10.5. The summed E-state index contributed by atoms with van der Waals surface area (Å²) in [7, 11) is 1.81. The number of carbonyl (C=O) groups excluding carboxylic acids is 1. The van der Waals surface area contributed by atoms with Gasteiger partial charge in [-0.2, -0.15) is 5.10 Å². The van der Waals surface area contributed by atoms with Gasteiger partial charge < -0.3 is 14.7 Å². The number of nitrogens with zero attached hydrogens (tertiary/aromatic N) is 4. The van der Waals surface area contributed by atoms with Gasteiger partial charge in [-0.1, -0.05) is 6.07 Å². The third kappa shape index (κ3) is 4.50. The summed E-state index contributed by atoms with van der Waals surface area (Å²) in [5.74, 6) is -0.321. The summed E-state index contributed by atoms with van der Waals surface area (Å²) in [6, 6.07) is 11.5. The predicted octanol–water partition coefficient (Wildman–Crippen LogP) is 4.12. The van der Waals surface area contributed by atoms with Crippen molar-refractivity contribution >= 4 is 6.09 Å². The number of rotatable bonds is 3. The van der Waals surface area contributed by atoms with Crippen molar-refractivity contribution < 1.29 is 19.0 Å². The Morgan fingerprint density at radius 2 is 1.84 bits per heavy atom. The van der Waals surface area contributed by atoms with E-state index in [-0.39, 0.29) is 12.4 Å². The molecule has 1 fully saturated rings. The van der Waals surface area contributed by atoms with Crippen molar-refractivity contribution in [3.05, 3.63) is 60.0 Å². The van der Waals surface area contributed by atoms with E-state index in [0.29, 0.717) is 35.6 Å². The van der Waals surface area contributed by atoms with Gasteiger partial charge in [-0.05, 0) is 63.6 Å². The molecule has 8 heteroatoms. The Hall–Kier alpha value is -3.26. The molecule has 0 aliphatic carbocycles. The fourth-order valence-electron chi connectivity index (χ4n) is 3.85. The van der Waals surface area contributed by atoms with Gasteiger partial charge in [-0.15, -0.1) is 0 Å². The molecule has 0 radical (unpaired) electrons. The van der Waals surface area contributed by atoms with E-state index in [4.69, 9.17) is 9.72 Å². The summed E-state index contributed by atoms with van der Waals surface area (Å²) < 4.78 is 20.5. The zero-order chi connectivity index (χ0) is 23.1. The molecule has 0 saturated carbocycles. The topological polar surface area (TPSA) is 80.5 Å². The minimum Gasteiger partial charge on any atom is -0.444 e. The zero-order valence-electron chi connectivity index (χ0n) is 18.7. The molecule has 4 rings (SSSR count). The lowest BCUT2D eigenvalue weighted by Crippen LogP contribution is -2.38. The quantitative estimate of drug-likeness (QED) is 0.666. The fourth-order valence-corrected chi connectivity index (χ4v) is 3.85. The summed E-state index contributed by atoms with van der Waals surface area (Å²) in [6.45, 7) is 5.89. The van der Waals surface area contributed by atoms with Gasteiger partial charge in [0.2, 0.25) is 0 Å². The number of amides is 1. The van der Waals surface area contributed by atoms with E-state index in [0.717, 1.165) is 5.56 Å². The molecule has 0 spiro atoms. The summed E-state index contributed by atoms with van der Waals surface area (Å²) >= 11 is 0. The highest BCUT2D eigenvalue weighted by Crippen LogP contribution is 2.38. The molecular formula is C24H27FN4O3. The molecule has 168 valence electrons. The van der Waals surface area contributed by atoms with Gasteiger partial charge in [-0.3, -0.25) is 4.68 Å². The van der Waals surface area contributed by atoms with Crippen LogP contribution >= 0.6 is 0 Å². The van der Waals surface area contributed by atoms with Gasteiger partial charge in [-0.25, -0.2) is 14.2 Å². The van der Waals surface area contributed by atoms with Crippen LogP contribution in [0, 0.1) is 5.82 Å². The van der Waals surface area contributed by atoms with Crippen LogP contribution in [0.5, 0.6) is 0 Å². The lowest BCUT2D eigenvalue weighted by molar-refractivity contribution is 0.0141. The first-order chi connectivity index (χ1) is 15.0. The van der Waals surface area contributed by atoms with Gasteiger partial charge >= 0.3 is 6.09 Å². The molecular weight excluding hydrogens is 411 g/mol. The van der Waals surface area contributed by atoms with Crippen molar-refractivity contribution in [3.8, 4) is 22.6 Å². The molecule has 3 heterocycles. The van der Waals surface area contributed by atoms with Gasteiger partial charge in [0.05, 0.1) is 17.9 Å². The maximum Gasteiger partial charge on any atom is 0.410 e. The maximum absolute atomic E-state index is 13.4. The largest absolute Gasteiger partial charge is 0.444 e. The summed E-state index contributed by atoms with van der Waals surface area (Å²) in [5.41, 5.74) is 1.21. The Morgan fingerprint density at radius 3 is 2.47 bits per heavy atom. The summed E-state index contributed by atoms with van der Waals surface area (Å²) in [6.07, 6.45) is 1.70. The second-order valence-electron chi connectivity index (χ2n) is 9.16. The number of hydrogen-bond acceptors (Lipinski definition) is 5. The van der Waals surface area contributed by atoms with Crippen molar-refractivity contribution in [1.82, 2.24) is 19.7 Å². The fraction of sp³-hybridized carbons (Fsp3) is 0.375. The van der Waals surface area contributed by atoms with E-state index in [1.165, 1.54) is 17.0 Å². The molecule has 1 aromatic carbocycles. The highest BCUT2D eigenvalue weighted by molar-refractivity contribution is 5.70. The predicted molar refractivity (Wildman–Crippen MR) is 118 cm³/mol. The van der Waals surface area contributed by atoms with Crippen LogP contribution < -0.4 is 0 Å². The number of carbonyl (C=O) groups is 1. The molecule has 1 aliphatic heterocycles. The lowest BCUT2D eigenvalue weighted by atomic mass is 9.90. The molecule has 7 nitrogen and oxygen atoms in total. The molecule has 1 amide bonds. The van der Waals surface area contributed by atoms with Crippen LogP contribution in [0.15, 0.2) is 48.7 Å². The van der Waals surface area contributed by atoms with Crippen LogP contribution in [-0.2, 0) is 17.4 Å². The number of aryl methyl sites for hydroxylation is 1. The number of aromatic nitrogens is 3. The monoisotopic (exact) mass is 438 g/mol. The van der Waals surface area contributed by atoms with Crippen LogP contribution in [0.25, 0.3) is 22.6 Å². The molecule has 3 aromatic rings. The maximum atomic E-state index is 13.4. The molecule has 1 atom stereocenters. The lowest BCUT2D eigenvalue weighted by Gasteiger charge is -2.27. The Bertz CT molecular complexity index is 1140. The Kier molecular flexibility index (Phi) is 5.50. The number of halogens is 1. The third-order valence-electron chi connectivity index (χ3n) is 5.39. The van der Waals surface area contributed by atoms with Gasteiger partial charge in [0.15, 0.2) is 0 Å². The minimum atomic E-state index is -1.29. The molecule has 1 N–H and O–H groups in total. The van der Waals surface area contributed by atoms with Gasteiger partial charge in [0.1, 0.15) is 22.7 Å². The van der Waals surface area contributed by atoms with Crippen molar-refractivity contribution in [3.63, 3.8) is 0 Å². The van der Waals surface area contributed by atoms with E-state index in [9.17, 15) is 14.3 Å². The standard InChI is InChI=1S/C24H27FN4O3/c1-23(2,3)32-22(30)29-14-12-24(31,15-29)18-9-10-19(16-5-7-17(25)8-6-16)26-21(18)20-11-13-28(4)27-20/h5-11,13,31H,12,14-15H2,1-4H3. The number of ether oxygens (including phenoxy) is 1. The zero-order valence-corrected chi connectivity index (χ0v) is 18.7. The van der Waals surface area contributed by atoms with Gasteiger partial charge in [0.25, 0.3) is 0 Å². The molecule has 2 aromatic heterocycles. The van der Waals surface area contributed by atoms with E-state index >= 15 is 0 Å². The molecule has 1 saturated heterocycles. The van der Waals surface area contributed by atoms with E-state index in [1.807, 2.05) is 40.0 Å². The smallest absolute Gasteiger partial charge is 0.410 e. The molecule has 32 heavy (non-hydrogen) atoms. The van der Waals surface area contributed by atoms with E-state index in [1.54, 1.807) is 29.1 Å². The average molecular weight is 439 g/mol. The number of hydrogen-bond donors (Lipinski definition) is 1. The first kappa shape index (κ1) is 22.0. The number of benzene rings is 1. The normalized spacial score (nSPS) is 18.8. The Morgan fingerprint density at radius 1 is 1.12 bits per heavy atom. The number of likely N-dealkylation sites (tertiary alicyclic amines) is 1. The van der Waals surface area contributed by atoms with Crippen LogP contribution in [-0.4, -0.2) is 49.6 Å². The number of pyridine rings is 1. The molecule has 1 aliphatic rings. The van der Waals surface area contributed by atoms with Crippen LogP contribution in [0.3, 0.4) is 0 Å². The van der Waals surface area contributed by atoms with Crippen LogP contribution in [0.1, 0.15) is 32.8 Å². The highest BCUT2D eigenvalue weighted by atomic mass is 19.1. The van der Waals surface area contributed by atoms with Crippen molar-refractivity contribution in [2.45, 2.75) is 38.4 Å². The minimum absolute atomic E-state index is 0.0965. The van der Waals surface area contributed by atoms with Crippen molar-refractivity contribution in [2.75, 3.05) is 13.1 Å². The van der Waals surface area contributed by atoms with E-state index in [2.05, 4.69) is 5.10 Å². The summed E-state index contributed by atoms with van der Waals surface area (Å²) in [5, 5.41) is 16.0. The molecule has 0 bridgehead atoms. The van der Waals surface area contributed by atoms with Crippen LogP contribution in [0.2, 0.25) is 0 Å². The SMILES string of the molecule is Cn1ccc(-c2nc(-c3ccc(F)cc3)ccc2C2(O)CCN(C(=O)OC(C)(C)C)C2)n1. The third-order valence-corrected chi connectivity index (χ3v) is 5.39. The second kappa shape index (κ2) is 8.02.